The highest BCUT2D eigenvalue weighted by Gasteiger charge is 2.19. The Morgan fingerprint density at radius 3 is 2.12 bits per heavy atom. The van der Waals surface area contributed by atoms with Crippen LogP contribution in [-0.4, -0.2) is 44.8 Å². The van der Waals surface area contributed by atoms with Crippen LogP contribution in [0.3, 0.4) is 0 Å². The lowest BCUT2D eigenvalue weighted by atomic mass is 10.0. The molecule has 0 aliphatic rings. The summed E-state index contributed by atoms with van der Waals surface area (Å²) in [6, 6.07) is 8.64. The molecule has 8 nitrogen and oxygen atoms in total. The van der Waals surface area contributed by atoms with Crippen molar-refractivity contribution in [2.24, 2.45) is 5.73 Å². The molecule has 0 saturated carbocycles. The van der Waals surface area contributed by atoms with Gasteiger partial charge in [-0.1, -0.05) is 6.07 Å². The molecule has 0 spiro atoms. The Kier molecular flexibility index (Phi) is 8.71. The number of aromatic nitrogens is 1. The third kappa shape index (κ3) is 5.07. The summed E-state index contributed by atoms with van der Waals surface area (Å²) in [4.78, 5) is 13.0. The minimum Gasteiger partial charge on any atom is -0.495 e. The molecule has 1 amide bonds. The molecule has 3 aromatic rings. The zero-order valence-electron chi connectivity index (χ0n) is 18.4. The normalized spacial score (nSPS) is 11.2. The number of anilines is 1. The number of hydrogen-bond donors (Lipinski definition) is 2. The Morgan fingerprint density at radius 1 is 0.969 bits per heavy atom. The van der Waals surface area contributed by atoms with Crippen LogP contribution in [0.15, 0.2) is 36.5 Å². The van der Waals surface area contributed by atoms with Gasteiger partial charge in [0.25, 0.3) is 0 Å². The van der Waals surface area contributed by atoms with Gasteiger partial charge in [-0.3, -0.25) is 4.79 Å². The summed E-state index contributed by atoms with van der Waals surface area (Å²) in [6.45, 7) is 1.62. The Hall–Kier alpha value is -3.01. The number of hydrogen-bond acceptors (Lipinski definition) is 8. The standard InChI is InChI=1S/C22H25N3O5S.ClH/c1-12(23)22(26)25-16-8-13(6-7-17(16)27-2)15-11-24-31-21(15)14-9-18(28-3)20(30-5)19(10-14)29-4;/h6-12H,23H2,1-5H3,(H,25,26);1H. The smallest absolute Gasteiger partial charge is 0.241 e. The Bertz CT molecular complexity index is 1060. The van der Waals surface area contributed by atoms with Gasteiger partial charge in [0.1, 0.15) is 5.75 Å². The van der Waals surface area contributed by atoms with E-state index in [4.69, 9.17) is 24.7 Å². The topological polar surface area (TPSA) is 105 Å². The predicted octanol–water partition coefficient (Wildman–Crippen LogP) is 4.22. The molecule has 0 bridgehead atoms. The van der Waals surface area contributed by atoms with Crippen molar-refractivity contribution in [3.05, 3.63) is 36.5 Å². The SMILES string of the molecule is COc1ccc(-c2cnsc2-c2cc(OC)c(OC)c(OC)c2)cc1NC(=O)C(C)N.Cl. The molecule has 0 aliphatic carbocycles. The molecule has 2 aromatic carbocycles. The van der Waals surface area contributed by atoms with E-state index in [2.05, 4.69) is 9.69 Å². The number of benzene rings is 2. The third-order valence-corrected chi connectivity index (χ3v) is 5.53. The number of nitrogens with one attached hydrogen (secondary N) is 1. The van der Waals surface area contributed by atoms with Crippen molar-refractivity contribution in [1.29, 1.82) is 0 Å². The zero-order chi connectivity index (χ0) is 22.5. The van der Waals surface area contributed by atoms with Gasteiger partial charge in [0.15, 0.2) is 11.5 Å². The summed E-state index contributed by atoms with van der Waals surface area (Å²) in [6.07, 6.45) is 1.78. The largest absolute Gasteiger partial charge is 0.495 e. The van der Waals surface area contributed by atoms with Crippen molar-refractivity contribution < 1.29 is 23.7 Å². The summed E-state index contributed by atoms with van der Waals surface area (Å²) >= 11 is 1.34. The first-order valence-corrected chi connectivity index (χ1v) is 10.2. The van der Waals surface area contributed by atoms with Crippen LogP contribution in [0.2, 0.25) is 0 Å². The summed E-state index contributed by atoms with van der Waals surface area (Å²) in [5, 5.41) is 2.81. The van der Waals surface area contributed by atoms with Crippen LogP contribution in [0, 0.1) is 0 Å². The van der Waals surface area contributed by atoms with Gasteiger partial charge in [0, 0.05) is 17.3 Å². The van der Waals surface area contributed by atoms with Gasteiger partial charge in [-0.15, -0.1) is 12.4 Å². The second-order valence-corrected chi connectivity index (χ2v) is 7.48. The Morgan fingerprint density at radius 2 is 1.59 bits per heavy atom. The molecule has 0 saturated heterocycles. The maximum Gasteiger partial charge on any atom is 0.241 e. The predicted molar refractivity (Wildman–Crippen MR) is 129 cm³/mol. The van der Waals surface area contributed by atoms with Crippen molar-refractivity contribution >= 4 is 35.5 Å². The molecule has 10 heteroatoms. The highest BCUT2D eigenvalue weighted by Crippen LogP contribution is 2.45. The second kappa shape index (κ2) is 11.0. The average molecular weight is 480 g/mol. The fraction of sp³-hybridized carbons (Fsp3) is 0.273. The molecule has 0 aliphatic heterocycles. The van der Waals surface area contributed by atoms with E-state index in [1.807, 2.05) is 24.3 Å². The second-order valence-electron chi connectivity index (χ2n) is 6.68. The molecular formula is C22H26ClN3O5S. The first-order chi connectivity index (χ1) is 14.9. The van der Waals surface area contributed by atoms with Crippen LogP contribution in [0.5, 0.6) is 23.0 Å². The molecule has 172 valence electrons. The van der Waals surface area contributed by atoms with Crippen LogP contribution in [-0.2, 0) is 4.79 Å². The minimum atomic E-state index is -0.647. The van der Waals surface area contributed by atoms with E-state index in [1.54, 1.807) is 47.6 Å². The molecule has 1 heterocycles. The Balaban J connectivity index is 0.00000363. The van der Waals surface area contributed by atoms with Crippen LogP contribution < -0.4 is 30.0 Å². The highest BCUT2D eigenvalue weighted by atomic mass is 35.5. The van der Waals surface area contributed by atoms with Crippen molar-refractivity contribution in [2.75, 3.05) is 33.8 Å². The summed E-state index contributed by atoms with van der Waals surface area (Å²) in [5.41, 5.74) is 8.83. The minimum absolute atomic E-state index is 0. The number of nitrogens with zero attached hydrogens (tertiary/aromatic N) is 1. The number of amides is 1. The number of carbonyl (C=O) groups excluding carboxylic acids is 1. The third-order valence-electron chi connectivity index (χ3n) is 4.68. The first kappa shape index (κ1) is 25.3. The molecule has 0 radical (unpaired) electrons. The van der Waals surface area contributed by atoms with Crippen molar-refractivity contribution in [3.63, 3.8) is 0 Å². The Labute approximate surface area is 197 Å². The molecule has 3 rings (SSSR count). The van der Waals surface area contributed by atoms with Crippen LogP contribution in [0.4, 0.5) is 5.69 Å². The molecule has 3 N–H and O–H groups in total. The average Bonchev–Trinajstić information content (AvgIpc) is 3.27. The van der Waals surface area contributed by atoms with E-state index in [9.17, 15) is 4.79 Å². The lowest BCUT2D eigenvalue weighted by molar-refractivity contribution is -0.117. The fourth-order valence-corrected chi connectivity index (χ4v) is 3.84. The molecule has 0 fully saturated rings. The maximum atomic E-state index is 12.1. The fourth-order valence-electron chi connectivity index (χ4n) is 3.09. The number of carbonyl (C=O) groups is 1. The zero-order valence-corrected chi connectivity index (χ0v) is 20.1. The van der Waals surface area contributed by atoms with E-state index < -0.39 is 6.04 Å². The van der Waals surface area contributed by atoms with E-state index in [0.29, 0.717) is 28.7 Å². The molecule has 1 atom stereocenters. The van der Waals surface area contributed by atoms with Crippen molar-refractivity contribution in [2.45, 2.75) is 13.0 Å². The van der Waals surface area contributed by atoms with Crippen LogP contribution >= 0.6 is 23.9 Å². The van der Waals surface area contributed by atoms with Crippen molar-refractivity contribution in [1.82, 2.24) is 4.37 Å². The molecule has 1 unspecified atom stereocenters. The van der Waals surface area contributed by atoms with Gasteiger partial charge >= 0.3 is 0 Å². The number of ether oxygens (including phenoxy) is 4. The summed E-state index contributed by atoms with van der Waals surface area (Å²) in [5.74, 6) is 1.86. The van der Waals surface area contributed by atoms with E-state index in [0.717, 1.165) is 21.6 Å². The van der Waals surface area contributed by atoms with Gasteiger partial charge < -0.3 is 30.0 Å². The number of halogens is 1. The molecule has 1 aromatic heterocycles. The lowest BCUT2D eigenvalue weighted by Gasteiger charge is -2.15. The summed E-state index contributed by atoms with van der Waals surface area (Å²) in [7, 11) is 6.26. The lowest BCUT2D eigenvalue weighted by Crippen LogP contribution is -2.32. The van der Waals surface area contributed by atoms with E-state index in [-0.39, 0.29) is 18.3 Å². The molecular weight excluding hydrogens is 454 g/mol. The van der Waals surface area contributed by atoms with Crippen molar-refractivity contribution in [3.8, 4) is 44.6 Å². The van der Waals surface area contributed by atoms with Crippen LogP contribution in [0.1, 0.15) is 6.92 Å². The van der Waals surface area contributed by atoms with E-state index in [1.165, 1.54) is 11.5 Å². The number of nitrogens with two attached hydrogens (primary N) is 1. The van der Waals surface area contributed by atoms with Gasteiger partial charge in [-0.05, 0) is 48.3 Å². The van der Waals surface area contributed by atoms with E-state index >= 15 is 0 Å². The van der Waals surface area contributed by atoms with Gasteiger partial charge in [-0.25, -0.2) is 0 Å². The van der Waals surface area contributed by atoms with Gasteiger partial charge in [-0.2, -0.15) is 4.37 Å². The first-order valence-electron chi connectivity index (χ1n) is 9.43. The van der Waals surface area contributed by atoms with Gasteiger partial charge in [0.2, 0.25) is 11.7 Å². The monoisotopic (exact) mass is 479 g/mol. The van der Waals surface area contributed by atoms with Crippen LogP contribution in [0.25, 0.3) is 21.6 Å². The quantitative estimate of drug-likeness (QED) is 0.498. The number of rotatable bonds is 8. The van der Waals surface area contributed by atoms with Gasteiger partial charge in [0.05, 0.1) is 45.0 Å². The number of methoxy groups -OCH3 is 4. The molecule has 32 heavy (non-hydrogen) atoms. The summed E-state index contributed by atoms with van der Waals surface area (Å²) < 4.78 is 26.1. The highest BCUT2D eigenvalue weighted by molar-refractivity contribution is 7.10. The maximum absolute atomic E-state index is 12.1.